The molecule has 2 nitrogen and oxygen atoms in total. The van der Waals surface area contributed by atoms with E-state index in [0.29, 0.717) is 0 Å². The summed E-state index contributed by atoms with van der Waals surface area (Å²) in [6, 6.07) is 5.92. The van der Waals surface area contributed by atoms with Crippen LogP contribution in [0.1, 0.15) is 0 Å². The molecule has 1 aliphatic heterocycles. The van der Waals surface area contributed by atoms with Gasteiger partial charge in [-0.1, -0.05) is 12.2 Å². The standard InChI is InChI=1S/C10H11BrN2/c11-9-7-8(12)3-4-10(9)13-5-1-2-6-13/h1-4,7H,5-6,12H2. The first-order valence-corrected chi connectivity index (χ1v) is 5.01. The minimum atomic E-state index is 0.794. The van der Waals surface area contributed by atoms with Crippen LogP contribution in [0.5, 0.6) is 0 Å². The van der Waals surface area contributed by atoms with Crippen LogP contribution in [0.3, 0.4) is 0 Å². The molecule has 3 heteroatoms. The van der Waals surface area contributed by atoms with Crippen LogP contribution in [0.4, 0.5) is 11.4 Å². The van der Waals surface area contributed by atoms with Gasteiger partial charge in [-0.2, -0.15) is 0 Å². The monoisotopic (exact) mass is 238 g/mol. The van der Waals surface area contributed by atoms with E-state index in [4.69, 9.17) is 5.73 Å². The second-order valence-corrected chi connectivity index (χ2v) is 3.94. The summed E-state index contributed by atoms with van der Waals surface area (Å²) in [5.74, 6) is 0. The van der Waals surface area contributed by atoms with Crippen molar-refractivity contribution in [2.24, 2.45) is 0 Å². The second-order valence-electron chi connectivity index (χ2n) is 3.09. The van der Waals surface area contributed by atoms with Gasteiger partial charge in [0.2, 0.25) is 0 Å². The lowest BCUT2D eigenvalue weighted by atomic mass is 10.2. The summed E-state index contributed by atoms with van der Waals surface area (Å²) in [7, 11) is 0. The zero-order valence-electron chi connectivity index (χ0n) is 7.20. The molecule has 0 aliphatic carbocycles. The fourth-order valence-electron chi connectivity index (χ4n) is 1.45. The first kappa shape index (κ1) is 8.63. The number of anilines is 2. The van der Waals surface area contributed by atoms with Gasteiger partial charge in [0.1, 0.15) is 0 Å². The highest BCUT2D eigenvalue weighted by atomic mass is 79.9. The number of hydrogen-bond donors (Lipinski definition) is 1. The van der Waals surface area contributed by atoms with Crippen LogP contribution < -0.4 is 10.6 Å². The fourth-order valence-corrected chi connectivity index (χ4v) is 2.10. The van der Waals surface area contributed by atoms with Gasteiger partial charge in [0, 0.05) is 23.2 Å². The number of hydrogen-bond acceptors (Lipinski definition) is 2. The molecule has 1 aliphatic rings. The van der Waals surface area contributed by atoms with Gasteiger partial charge in [-0.15, -0.1) is 0 Å². The van der Waals surface area contributed by atoms with Crippen molar-refractivity contribution in [1.82, 2.24) is 0 Å². The molecule has 0 spiro atoms. The summed E-state index contributed by atoms with van der Waals surface area (Å²) < 4.78 is 1.07. The zero-order valence-corrected chi connectivity index (χ0v) is 8.79. The Labute approximate surface area is 86.2 Å². The number of rotatable bonds is 1. The van der Waals surface area contributed by atoms with Crippen molar-refractivity contribution in [1.29, 1.82) is 0 Å². The van der Waals surface area contributed by atoms with Crippen molar-refractivity contribution in [3.8, 4) is 0 Å². The maximum absolute atomic E-state index is 5.66. The lowest BCUT2D eigenvalue weighted by molar-refractivity contribution is 1.00. The Morgan fingerprint density at radius 3 is 2.54 bits per heavy atom. The molecule has 0 fully saturated rings. The van der Waals surface area contributed by atoms with Crippen LogP contribution in [-0.2, 0) is 0 Å². The Morgan fingerprint density at radius 1 is 1.23 bits per heavy atom. The van der Waals surface area contributed by atoms with Crippen LogP contribution in [-0.4, -0.2) is 13.1 Å². The van der Waals surface area contributed by atoms with Crippen molar-refractivity contribution in [2.45, 2.75) is 0 Å². The van der Waals surface area contributed by atoms with Crippen molar-refractivity contribution in [3.05, 3.63) is 34.8 Å². The first-order valence-electron chi connectivity index (χ1n) is 4.22. The molecule has 2 rings (SSSR count). The molecule has 0 amide bonds. The lowest BCUT2D eigenvalue weighted by Gasteiger charge is -2.19. The van der Waals surface area contributed by atoms with E-state index in [-0.39, 0.29) is 0 Å². The predicted molar refractivity (Wildman–Crippen MR) is 59.9 cm³/mol. The van der Waals surface area contributed by atoms with Crippen LogP contribution in [0.2, 0.25) is 0 Å². The topological polar surface area (TPSA) is 29.3 Å². The largest absolute Gasteiger partial charge is 0.399 e. The van der Waals surface area contributed by atoms with Gasteiger partial charge in [0.05, 0.1) is 5.69 Å². The number of nitrogen functional groups attached to an aromatic ring is 1. The van der Waals surface area contributed by atoms with E-state index in [1.54, 1.807) is 0 Å². The van der Waals surface area contributed by atoms with E-state index in [9.17, 15) is 0 Å². The fraction of sp³-hybridized carbons (Fsp3) is 0.200. The molecule has 0 bridgehead atoms. The van der Waals surface area contributed by atoms with Gasteiger partial charge in [0.15, 0.2) is 0 Å². The minimum Gasteiger partial charge on any atom is -0.399 e. The molecule has 13 heavy (non-hydrogen) atoms. The number of nitrogens with two attached hydrogens (primary N) is 1. The van der Waals surface area contributed by atoms with Gasteiger partial charge < -0.3 is 10.6 Å². The third kappa shape index (κ3) is 1.70. The summed E-state index contributed by atoms with van der Waals surface area (Å²) in [6.07, 6.45) is 4.34. The third-order valence-corrected chi connectivity index (χ3v) is 2.77. The minimum absolute atomic E-state index is 0.794. The molecule has 1 aromatic carbocycles. The normalized spacial score (nSPS) is 15.3. The van der Waals surface area contributed by atoms with Crippen LogP contribution in [0, 0.1) is 0 Å². The van der Waals surface area contributed by atoms with E-state index in [1.165, 1.54) is 5.69 Å². The van der Waals surface area contributed by atoms with E-state index in [2.05, 4.69) is 33.0 Å². The highest BCUT2D eigenvalue weighted by Gasteiger charge is 2.10. The summed E-state index contributed by atoms with van der Waals surface area (Å²) in [5, 5.41) is 0. The number of halogens is 1. The molecular weight excluding hydrogens is 228 g/mol. The Balaban J connectivity index is 2.30. The van der Waals surface area contributed by atoms with Crippen molar-refractivity contribution < 1.29 is 0 Å². The molecule has 0 atom stereocenters. The van der Waals surface area contributed by atoms with Crippen LogP contribution in [0.15, 0.2) is 34.8 Å². The predicted octanol–water partition coefficient (Wildman–Crippen LogP) is 2.41. The maximum Gasteiger partial charge on any atom is 0.0517 e. The van der Waals surface area contributed by atoms with Crippen molar-refractivity contribution >= 4 is 27.3 Å². The third-order valence-electron chi connectivity index (χ3n) is 2.13. The Bertz CT molecular complexity index is 339. The van der Waals surface area contributed by atoms with Crippen LogP contribution >= 0.6 is 15.9 Å². The SMILES string of the molecule is Nc1ccc(N2CC=CC2)c(Br)c1. The summed E-state index contributed by atoms with van der Waals surface area (Å²) >= 11 is 3.51. The molecule has 2 N–H and O–H groups in total. The molecule has 1 heterocycles. The first-order chi connectivity index (χ1) is 6.27. The van der Waals surface area contributed by atoms with Crippen molar-refractivity contribution in [2.75, 3.05) is 23.7 Å². The van der Waals surface area contributed by atoms with Crippen molar-refractivity contribution in [3.63, 3.8) is 0 Å². The molecule has 0 unspecified atom stereocenters. The van der Waals surface area contributed by atoms with E-state index in [0.717, 1.165) is 23.2 Å². The molecule has 0 saturated carbocycles. The second kappa shape index (κ2) is 3.42. The smallest absolute Gasteiger partial charge is 0.0517 e. The number of nitrogens with zero attached hydrogens (tertiary/aromatic N) is 1. The molecule has 0 radical (unpaired) electrons. The molecule has 0 saturated heterocycles. The Hall–Kier alpha value is -0.960. The summed E-state index contributed by atoms with van der Waals surface area (Å²) in [5.41, 5.74) is 7.66. The highest BCUT2D eigenvalue weighted by molar-refractivity contribution is 9.10. The molecule has 68 valence electrons. The van der Waals surface area contributed by atoms with Gasteiger partial charge in [-0.25, -0.2) is 0 Å². The Morgan fingerprint density at radius 2 is 1.92 bits per heavy atom. The lowest BCUT2D eigenvalue weighted by Crippen LogP contribution is -2.18. The summed E-state index contributed by atoms with van der Waals surface area (Å²) in [4.78, 5) is 2.28. The van der Waals surface area contributed by atoms with Gasteiger partial charge in [-0.3, -0.25) is 0 Å². The molecular formula is C10H11BrN2. The number of benzene rings is 1. The van der Waals surface area contributed by atoms with E-state index >= 15 is 0 Å². The van der Waals surface area contributed by atoms with E-state index < -0.39 is 0 Å². The van der Waals surface area contributed by atoms with Gasteiger partial charge in [0.25, 0.3) is 0 Å². The van der Waals surface area contributed by atoms with Crippen LogP contribution in [0.25, 0.3) is 0 Å². The summed E-state index contributed by atoms with van der Waals surface area (Å²) in [6.45, 7) is 1.98. The van der Waals surface area contributed by atoms with Gasteiger partial charge in [-0.05, 0) is 34.1 Å². The Kier molecular flexibility index (Phi) is 2.27. The molecule has 0 aromatic heterocycles. The highest BCUT2D eigenvalue weighted by Crippen LogP contribution is 2.29. The zero-order chi connectivity index (χ0) is 9.26. The average Bonchev–Trinajstić information content (AvgIpc) is 2.56. The maximum atomic E-state index is 5.66. The van der Waals surface area contributed by atoms with Gasteiger partial charge >= 0.3 is 0 Å². The molecule has 1 aromatic rings. The quantitative estimate of drug-likeness (QED) is 0.602. The van der Waals surface area contributed by atoms with E-state index in [1.807, 2.05) is 18.2 Å². The average molecular weight is 239 g/mol.